The molecule has 1 fully saturated rings. The smallest absolute Gasteiger partial charge is 0.481 e. The van der Waals surface area contributed by atoms with Crippen molar-refractivity contribution in [2.24, 2.45) is 13.0 Å². The molecule has 1 saturated carbocycles. The molecule has 92 heavy (non-hydrogen) atoms. The van der Waals surface area contributed by atoms with Crippen LogP contribution in [0, 0.1) is 24.5 Å². The second kappa shape index (κ2) is 24.8. The van der Waals surface area contributed by atoms with Crippen LogP contribution in [0.25, 0.3) is 27.6 Å². The molecule has 7 aromatic rings. The summed E-state index contributed by atoms with van der Waals surface area (Å²) in [5.74, 6) is -21.1. The van der Waals surface area contributed by atoms with Gasteiger partial charge < -0.3 is 30.1 Å². The van der Waals surface area contributed by atoms with Gasteiger partial charge in [0.2, 0.25) is 39.5 Å². The van der Waals surface area contributed by atoms with Crippen molar-refractivity contribution < 1.29 is 101 Å². The van der Waals surface area contributed by atoms with Gasteiger partial charge in [0, 0.05) is 60.9 Å². The van der Waals surface area contributed by atoms with Gasteiger partial charge in [-0.15, -0.1) is 0 Å². The Bertz CT molecular complexity index is 4420. The van der Waals surface area contributed by atoms with E-state index in [0.29, 0.717) is 23.9 Å². The highest BCUT2D eigenvalue weighted by Crippen LogP contribution is 2.68. The van der Waals surface area contributed by atoms with Crippen molar-refractivity contribution in [1.29, 1.82) is 0 Å². The molecule has 3 aromatic carbocycles. The van der Waals surface area contributed by atoms with Crippen LogP contribution in [0.1, 0.15) is 110 Å². The number of halogens is 9. The highest BCUT2D eigenvalue weighted by Gasteiger charge is 2.67. The number of nitrogens with one attached hydrogen (secondary N) is 2. The molecule has 2 aliphatic rings. The number of phosphoric acid groups is 1. The first-order valence-electron chi connectivity index (χ1n) is 27.4. The third-order valence-corrected chi connectivity index (χ3v) is 16.8. The number of hydrogen-bond acceptors (Lipinski definition) is 15. The van der Waals surface area contributed by atoms with E-state index < -0.39 is 208 Å². The average molecular weight is 1360 g/mol. The molecule has 4 aromatic heterocycles. The summed E-state index contributed by atoms with van der Waals surface area (Å²) in [6.45, 7) is 2.76. The average Bonchev–Trinajstić information content (AvgIpc) is 1.46. The Labute approximate surface area is 519 Å². The van der Waals surface area contributed by atoms with E-state index in [2.05, 4.69) is 25.5 Å². The van der Waals surface area contributed by atoms with E-state index in [1.165, 1.54) is 33.9 Å². The number of ether oxygens (including phenoxy) is 1. The first-order valence-corrected chi connectivity index (χ1v) is 31.2. The Morgan fingerprint density at radius 3 is 2.24 bits per heavy atom. The van der Waals surface area contributed by atoms with Gasteiger partial charge in [0.25, 0.3) is 17.9 Å². The SMILES string of the molecule is Cc1cc(CC(=O)N[C@@H](CC(=O)O)C(=O)O)c(C(C)(C)CC(=O)N(c2nn(C)c3c(-n4c([C@H](Cc5cc(F)cc(F)c5)NC(=O)Cn5nc(C(F)F)c6c5C(F)(F)[C@@H]5C[C@H]65)nc5nc(OCCC(C)(F)F)ccc5c4=O)ccc(Cl)c23)S(C)(=O)=O)c(OP(=O)(O)O)c1. The highest BCUT2D eigenvalue weighted by atomic mass is 35.5. The third kappa shape index (κ3) is 14.2. The van der Waals surface area contributed by atoms with E-state index >= 15 is 27.2 Å². The van der Waals surface area contributed by atoms with Crippen LogP contribution >= 0.6 is 19.4 Å². The van der Waals surface area contributed by atoms with Crippen LogP contribution < -0.4 is 29.8 Å². The molecule has 6 N–H and O–H groups in total. The van der Waals surface area contributed by atoms with Crippen LogP contribution in [-0.4, -0.2) is 117 Å². The molecule has 9 rings (SSSR count). The summed E-state index contributed by atoms with van der Waals surface area (Å²) in [6.07, 6.45) is -7.38. The van der Waals surface area contributed by atoms with Gasteiger partial charge in [-0.25, -0.2) is 49.1 Å². The standard InChI is InChI=1S/C56H54ClF8N10O15PS/c1-24-13-26(18-37(76)67-34(53(82)83)21-41(79)80)44(36(14-24)90-91(84,85)86)54(2,3)22-40(78)75(92(6,87)88)51-43-32(57)8-9-35(46(43)72(5)71-51)74-50(69-49-29(52(74)81)7-10-39(68-49)89-12-11-55(4,62)63)33(17-25-15-27(58)19-28(59)16-25)66-38(77)23-73-47-42(45(70-73)48(60)61)30-20-31(30)56(47,64)65/h7-10,13-16,19,30-31,33-34,48H,11-12,17-18,20-23H2,1-6H3,(H,66,77)(H,67,76)(H,79,80)(H,82,83)(H2,84,85,86)/t30-,31+,33-,34-/m0/s1. The number of benzene rings is 3. The summed E-state index contributed by atoms with van der Waals surface area (Å²) in [5.41, 5.74) is -7.16. The van der Waals surface area contributed by atoms with Gasteiger partial charge in [-0.05, 0) is 79.3 Å². The number of phosphoric ester groups is 1. The summed E-state index contributed by atoms with van der Waals surface area (Å²) >= 11 is 6.92. The number of carbonyl (C=O) groups excluding carboxylic acids is 3. The number of anilines is 1. The predicted octanol–water partition coefficient (Wildman–Crippen LogP) is 7.49. The van der Waals surface area contributed by atoms with Crippen molar-refractivity contribution >= 4 is 86.9 Å². The molecule has 0 radical (unpaired) electrons. The van der Waals surface area contributed by atoms with Crippen molar-refractivity contribution in [1.82, 2.24) is 44.7 Å². The van der Waals surface area contributed by atoms with Gasteiger partial charge in [0.1, 0.15) is 47.2 Å². The van der Waals surface area contributed by atoms with Crippen molar-refractivity contribution in [2.75, 3.05) is 17.2 Å². The number of hydrogen-bond donors (Lipinski definition) is 6. The number of sulfonamides is 1. The lowest BCUT2D eigenvalue weighted by Crippen LogP contribution is -2.43. The molecule has 36 heteroatoms. The number of carboxylic acids is 2. The van der Waals surface area contributed by atoms with E-state index in [1.54, 1.807) is 0 Å². The molecule has 0 unspecified atom stereocenters. The van der Waals surface area contributed by atoms with Crippen molar-refractivity contribution in [2.45, 2.75) is 114 Å². The molecule has 4 atom stereocenters. The number of alkyl halides is 6. The number of carboxylic acid groups (broad SMARTS) is 2. The van der Waals surface area contributed by atoms with Crippen molar-refractivity contribution in [3.63, 3.8) is 0 Å². The van der Waals surface area contributed by atoms with E-state index in [9.17, 15) is 69.7 Å². The topological polar surface area (TPSA) is 347 Å². The summed E-state index contributed by atoms with van der Waals surface area (Å²) in [7, 11) is -9.27. The molecule has 3 amide bonds. The fourth-order valence-corrected chi connectivity index (χ4v) is 13.0. The lowest BCUT2D eigenvalue weighted by Gasteiger charge is -2.31. The maximum Gasteiger partial charge on any atom is 0.524 e. The second-order valence-electron chi connectivity index (χ2n) is 22.9. The van der Waals surface area contributed by atoms with E-state index in [4.69, 9.17) is 20.9 Å². The van der Waals surface area contributed by atoms with Crippen LogP contribution in [-0.2, 0) is 76.3 Å². The summed E-state index contributed by atoms with van der Waals surface area (Å²) in [4.78, 5) is 111. The van der Waals surface area contributed by atoms with Gasteiger partial charge in [0.05, 0.1) is 58.7 Å². The number of aromatic nitrogens is 7. The number of fused-ring (bicyclic) bond motifs is 5. The minimum absolute atomic E-state index is 0.128. The largest absolute Gasteiger partial charge is 0.524 e. The van der Waals surface area contributed by atoms with Gasteiger partial charge in [-0.1, -0.05) is 31.5 Å². The Morgan fingerprint density at radius 1 is 0.957 bits per heavy atom. The monoisotopic (exact) mass is 1360 g/mol. The molecule has 25 nitrogen and oxygen atoms in total. The lowest BCUT2D eigenvalue weighted by atomic mass is 9.77. The van der Waals surface area contributed by atoms with Gasteiger partial charge in [-0.2, -0.15) is 28.3 Å². The molecule has 492 valence electrons. The fourth-order valence-electron chi connectivity index (χ4n) is 11.5. The number of carbonyl (C=O) groups is 5. The van der Waals surface area contributed by atoms with E-state index in [0.717, 1.165) is 51.7 Å². The van der Waals surface area contributed by atoms with E-state index in [-0.39, 0.29) is 55.1 Å². The molecule has 0 bridgehead atoms. The van der Waals surface area contributed by atoms with Crippen LogP contribution in [0.4, 0.5) is 40.9 Å². The first-order chi connectivity index (χ1) is 42.6. The molecule has 0 spiro atoms. The number of nitrogens with zero attached hydrogens (tertiary/aromatic N) is 8. The summed E-state index contributed by atoms with van der Waals surface area (Å²) < 4.78 is 172. The molecule has 0 saturated heterocycles. The number of aryl methyl sites for hydroxylation is 2. The zero-order chi connectivity index (χ0) is 67.8. The Hall–Kier alpha value is -8.59. The highest BCUT2D eigenvalue weighted by molar-refractivity contribution is 7.92. The minimum Gasteiger partial charge on any atom is -0.481 e. The number of aliphatic carboxylic acids is 2. The zero-order valence-electron chi connectivity index (χ0n) is 48.9. The van der Waals surface area contributed by atoms with Crippen LogP contribution in [0.15, 0.2) is 59.4 Å². The maximum absolute atomic E-state index is 15.8. The summed E-state index contributed by atoms with van der Waals surface area (Å²) in [5, 5.41) is 30.3. The predicted molar refractivity (Wildman–Crippen MR) is 307 cm³/mol. The number of amides is 3. The second-order valence-corrected chi connectivity index (χ2v) is 26.3. The maximum atomic E-state index is 15.8. The van der Waals surface area contributed by atoms with Gasteiger partial charge >= 0.3 is 19.8 Å². The molecular weight excluding hydrogens is 1300 g/mol. The first kappa shape index (κ1) is 67.8. The molecular formula is C56H54ClF8N10O15PS. The van der Waals surface area contributed by atoms with Crippen LogP contribution in [0.5, 0.6) is 11.6 Å². The summed E-state index contributed by atoms with van der Waals surface area (Å²) in [6, 6.07) is 5.16. The van der Waals surface area contributed by atoms with Crippen LogP contribution in [0.2, 0.25) is 5.02 Å². The molecule has 4 heterocycles. The number of pyridine rings is 1. The lowest BCUT2D eigenvalue weighted by molar-refractivity contribution is -0.147. The van der Waals surface area contributed by atoms with Gasteiger partial charge in [0.15, 0.2) is 11.5 Å². The zero-order valence-corrected chi connectivity index (χ0v) is 51.3. The molecule has 0 aliphatic heterocycles. The Balaban J connectivity index is 1.20. The van der Waals surface area contributed by atoms with Crippen LogP contribution in [0.3, 0.4) is 0 Å². The van der Waals surface area contributed by atoms with E-state index in [1.807, 2.05) is 5.32 Å². The normalized spacial score (nSPS) is 16.1. The Kier molecular flexibility index (Phi) is 18.3. The Morgan fingerprint density at radius 2 is 1.63 bits per heavy atom. The fraction of sp³-hybridized carbons (Fsp3) is 0.393. The third-order valence-electron chi connectivity index (χ3n) is 15.1. The number of rotatable bonds is 25. The van der Waals surface area contributed by atoms with Crippen molar-refractivity contribution in [3.8, 4) is 17.3 Å². The minimum atomic E-state index is -5.52. The van der Waals surface area contributed by atoms with Gasteiger partial charge in [-0.3, -0.25) is 47.7 Å². The van der Waals surface area contributed by atoms with Crippen molar-refractivity contribution in [3.05, 3.63) is 127 Å². The molecule has 2 aliphatic carbocycles. The quantitative estimate of drug-likeness (QED) is 0.0238.